The van der Waals surface area contributed by atoms with Gasteiger partial charge in [0.25, 0.3) is 5.56 Å². The number of anilines is 1. The summed E-state index contributed by atoms with van der Waals surface area (Å²) in [6, 6.07) is 25.4. The van der Waals surface area contributed by atoms with Crippen LogP contribution < -0.4 is 10.9 Å². The van der Waals surface area contributed by atoms with Gasteiger partial charge in [-0.3, -0.25) is 9.59 Å². The number of halogens is 1. The van der Waals surface area contributed by atoms with Gasteiger partial charge in [-0.2, -0.15) is 9.78 Å². The van der Waals surface area contributed by atoms with E-state index in [0.29, 0.717) is 21.1 Å². The maximum atomic E-state index is 13.7. The van der Waals surface area contributed by atoms with E-state index in [1.165, 1.54) is 0 Å². The van der Waals surface area contributed by atoms with E-state index >= 15 is 0 Å². The van der Waals surface area contributed by atoms with Crippen molar-refractivity contribution in [3.05, 3.63) is 123 Å². The monoisotopic (exact) mass is 543 g/mol. The summed E-state index contributed by atoms with van der Waals surface area (Å²) in [5.41, 5.74) is 1.47. The molecule has 0 radical (unpaired) electrons. The van der Waals surface area contributed by atoms with Crippen LogP contribution in [0.25, 0.3) is 16.5 Å². The molecule has 0 aliphatic carbocycles. The first kappa shape index (κ1) is 25.4. The Morgan fingerprint density at radius 2 is 1.66 bits per heavy atom. The number of nitrogens with zero attached hydrogens (tertiary/aromatic N) is 2. The van der Waals surface area contributed by atoms with Gasteiger partial charge in [0.2, 0.25) is 5.91 Å². The number of rotatable bonds is 7. The van der Waals surface area contributed by atoms with E-state index in [4.69, 9.17) is 16.3 Å². The van der Waals surface area contributed by atoms with Crippen LogP contribution in [0.5, 0.6) is 0 Å². The minimum Gasteiger partial charge on any atom is -0.461 e. The highest BCUT2D eigenvalue weighted by molar-refractivity contribution is 7.16. The van der Waals surface area contributed by atoms with Crippen molar-refractivity contribution in [3.8, 4) is 5.69 Å². The normalized spacial score (nSPS) is 11.0. The van der Waals surface area contributed by atoms with Crippen molar-refractivity contribution >= 4 is 50.6 Å². The number of esters is 1. The number of thiophene rings is 1. The first-order valence-corrected chi connectivity index (χ1v) is 13.1. The Morgan fingerprint density at radius 3 is 2.26 bits per heavy atom. The van der Waals surface area contributed by atoms with Crippen molar-refractivity contribution < 1.29 is 14.3 Å². The highest BCUT2D eigenvalue weighted by atomic mass is 35.5. The Morgan fingerprint density at radius 1 is 1.00 bits per heavy atom. The highest BCUT2D eigenvalue weighted by Gasteiger charge is 2.27. The number of hydrogen-bond donors (Lipinski definition) is 1. The second-order valence-corrected chi connectivity index (χ2v) is 9.68. The number of aromatic nitrogens is 2. The van der Waals surface area contributed by atoms with Gasteiger partial charge < -0.3 is 10.1 Å². The standard InChI is InChI=1S/C29H22ClN3O4S/c1-2-37-29(36)25-22-17-38-27(24(22)28(35)33(32-25)21-15-9-14-20(30)16-21)31-26(34)23(18-10-5-3-6-11-18)19-12-7-4-8-13-19/h3-17,23H,2H2,1H3,(H,31,34). The summed E-state index contributed by atoms with van der Waals surface area (Å²) in [4.78, 5) is 40.3. The van der Waals surface area contributed by atoms with Gasteiger partial charge in [-0.25, -0.2) is 4.79 Å². The largest absolute Gasteiger partial charge is 0.461 e. The Kier molecular flexibility index (Phi) is 7.35. The third-order valence-corrected chi connectivity index (χ3v) is 7.07. The quantitative estimate of drug-likeness (QED) is 0.252. The molecule has 2 aromatic heterocycles. The Balaban J connectivity index is 1.65. The van der Waals surface area contributed by atoms with Gasteiger partial charge in [-0.05, 0) is 36.2 Å². The molecule has 190 valence electrons. The zero-order valence-electron chi connectivity index (χ0n) is 20.3. The smallest absolute Gasteiger partial charge is 0.359 e. The summed E-state index contributed by atoms with van der Waals surface area (Å²) in [5, 5.41) is 10.1. The van der Waals surface area contributed by atoms with E-state index in [0.717, 1.165) is 27.1 Å². The molecule has 3 aromatic carbocycles. The molecule has 0 bridgehead atoms. The van der Waals surface area contributed by atoms with E-state index < -0.39 is 17.4 Å². The molecule has 1 amide bonds. The fraction of sp³-hybridized carbons (Fsp3) is 0.103. The molecule has 38 heavy (non-hydrogen) atoms. The van der Waals surface area contributed by atoms with Crippen LogP contribution in [-0.2, 0) is 9.53 Å². The lowest BCUT2D eigenvalue weighted by Crippen LogP contribution is -2.26. The topological polar surface area (TPSA) is 90.3 Å². The van der Waals surface area contributed by atoms with Crippen LogP contribution in [-0.4, -0.2) is 28.3 Å². The molecule has 2 heterocycles. The van der Waals surface area contributed by atoms with Gasteiger partial charge in [0, 0.05) is 15.8 Å². The number of fused-ring (bicyclic) bond motifs is 1. The third-order valence-electron chi connectivity index (χ3n) is 5.94. The summed E-state index contributed by atoms with van der Waals surface area (Å²) in [7, 11) is 0. The lowest BCUT2D eigenvalue weighted by molar-refractivity contribution is -0.116. The first-order chi connectivity index (χ1) is 18.5. The molecule has 0 atom stereocenters. The number of carbonyl (C=O) groups excluding carboxylic acids is 2. The van der Waals surface area contributed by atoms with E-state index in [9.17, 15) is 14.4 Å². The van der Waals surface area contributed by atoms with Crippen LogP contribution >= 0.6 is 22.9 Å². The van der Waals surface area contributed by atoms with Gasteiger partial charge in [0.1, 0.15) is 5.00 Å². The zero-order chi connectivity index (χ0) is 26.6. The molecule has 0 spiro atoms. The number of hydrogen-bond acceptors (Lipinski definition) is 6. The van der Waals surface area contributed by atoms with Gasteiger partial charge in [-0.15, -0.1) is 11.3 Å². The summed E-state index contributed by atoms with van der Waals surface area (Å²) in [5.74, 6) is -1.60. The van der Waals surface area contributed by atoms with Crippen LogP contribution in [0.2, 0.25) is 5.02 Å². The Bertz CT molecular complexity index is 1640. The highest BCUT2D eigenvalue weighted by Crippen LogP contribution is 2.33. The number of benzene rings is 3. The predicted octanol–water partition coefficient (Wildman–Crippen LogP) is 6.05. The minimum atomic E-state index is -0.671. The summed E-state index contributed by atoms with van der Waals surface area (Å²) < 4.78 is 6.32. The second-order valence-electron chi connectivity index (χ2n) is 8.36. The van der Waals surface area contributed by atoms with Crippen molar-refractivity contribution in [2.75, 3.05) is 11.9 Å². The molecule has 9 heteroatoms. The van der Waals surface area contributed by atoms with Gasteiger partial charge in [-0.1, -0.05) is 78.3 Å². The molecular formula is C29H22ClN3O4S. The molecule has 0 aliphatic rings. The van der Waals surface area contributed by atoms with Crippen LogP contribution in [0.4, 0.5) is 5.00 Å². The number of ether oxygens (including phenoxy) is 1. The van der Waals surface area contributed by atoms with E-state index in [1.54, 1.807) is 36.6 Å². The molecule has 5 aromatic rings. The van der Waals surface area contributed by atoms with Crippen molar-refractivity contribution in [1.29, 1.82) is 0 Å². The predicted molar refractivity (Wildman–Crippen MR) is 150 cm³/mol. The zero-order valence-corrected chi connectivity index (χ0v) is 21.8. The van der Waals surface area contributed by atoms with Crippen molar-refractivity contribution in [1.82, 2.24) is 9.78 Å². The van der Waals surface area contributed by atoms with Gasteiger partial charge in [0.15, 0.2) is 5.69 Å². The fourth-order valence-corrected chi connectivity index (χ4v) is 5.37. The van der Waals surface area contributed by atoms with Crippen LogP contribution in [0.3, 0.4) is 0 Å². The molecule has 0 saturated carbocycles. The van der Waals surface area contributed by atoms with Crippen molar-refractivity contribution in [2.24, 2.45) is 0 Å². The molecule has 0 fully saturated rings. The van der Waals surface area contributed by atoms with Crippen molar-refractivity contribution in [2.45, 2.75) is 12.8 Å². The summed E-state index contributed by atoms with van der Waals surface area (Å²) in [6.07, 6.45) is 0. The lowest BCUT2D eigenvalue weighted by Gasteiger charge is -2.17. The average molecular weight is 544 g/mol. The van der Waals surface area contributed by atoms with Gasteiger partial charge in [0.05, 0.1) is 23.6 Å². The van der Waals surface area contributed by atoms with Crippen molar-refractivity contribution in [3.63, 3.8) is 0 Å². The van der Waals surface area contributed by atoms with Crippen LogP contribution in [0.15, 0.2) is 95.1 Å². The second kappa shape index (κ2) is 11.0. The maximum Gasteiger partial charge on any atom is 0.359 e. The SMILES string of the molecule is CCOC(=O)c1nn(-c2cccc(Cl)c2)c(=O)c2c(NC(=O)C(c3ccccc3)c3ccccc3)scc12. The molecule has 0 saturated heterocycles. The first-order valence-electron chi connectivity index (χ1n) is 11.9. The third kappa shape index (κ3) is 4.96. The average Bonchev–Trinajstić information content (AvgIpc) is 3.34. The molecule has 5 rings (SSSR count). The lowest BCUT2D eigenvalue weighted by atomic mass is 9.90. The summed E-state index contributed by atoms with van der Waals surface area (Å²) in [6.45, 7) is 1.83. The molecule has 0 unspecified atom stereocenters. The van der Waals surface area contributed by atoms with E-state index in [-0.39, 0.29) is 23.6 Å². The number of nitrogens with one attached hydrogen (secondary N) is 1. The van der Waals surface area contributed by atoms with Crippen LogP contribution in [0, 0.1) is 0 Å². The molecule has 1 N–H and O–H groups in total. The van der Waals surface area contributed by atoms with E-state index in [2.05, 4.69) is 10.4 Å². The molecule has 0 aliphatic heterocycles. The molecular weight excluding hydrogens is 522 g/mol. The molecule has 7 nitrogen and oxygen atoms in total. The Hall–Kier alpha value is -4.27. The van der Waals surface area contributed by atoms with E-state index in [1.807, 2.05) is 60.7 Å². The van der Waals surface area contributed by atoms with Gasteiger partial charge >= 0.3 is 5.97 Å². The van der Waals surface area contributed by atoms with Crippen LogP contribution in [0.1, 0.15) is 34.5 Å². The number of amides is 1. The minimum absolute atomic E-state index is 0.0270. The fourth-order valence-electron chi connectivity index (χ4n) is 4.25. The number of carbonyl (C=O) groups is 2. The summed E-state index contributed by atoms with van der Waals surface area (Å²) >= 11 is 7.31. The Labute approximate surface area is 227 Å². The maximum absolute atomic E-state index is 13.7.